The molecular formula is C20H19ClN4O3. The maximum atomic E-state index is 12.7. The lowest BCUT2D eigenvalue weighted by Gasteiger charge is -2.26. The number of hydrogen-bond donors (Lipinski definition) is 1. The van der Waals surface area contributed by atoms with Crippen LogP contribution in [0.25, 0.3) is 0 Å². The van der Waals surface area contributed by atoms with Crippen LogP contribution in [0.15, 0.2) is 36.4 Å². The van der Waals surface area contributed by atoms with Gasteiger partial charge < -0.3 is 10.2 Å². The average Bonchev–Trinajstić information content (AvgIpc) is 2.93. The van der Waals surface area contributed by atoms with Gasteiger partial charge in [-0.1, -0.05) is 17.7 Å². The fourth-order valence-corrected chi connectivity index (χ4v) is 3.91. The molecular weight excluding hydrogens is 380 g/mol. The lowest BCUT2D eigenvalue weighted by Crippen LogP contribution is -2.39. The number of amides is 4. The molecule has 8 heteroatoms. The molecule has 1 aromatic heterocycles. The zero-order valence-electron chi connectivity index (χ0n) is 15.3. The number of piperidine rings is 1. The van der Waals surface area contributed by atoms with Crippen molar-refractivity contribution in [1.29, 1.82) is 0 Å². The minimum atomic E-state index is -0.399. The number of hydrogen-bond acceptors (Lipinski definition) is 4. The highest BCUT2D eigenvalue weighted by atomic mass is 35.5. The molecule has 1 aromatic carbocycles. The van der Waals surface area contributed by atoms with Crippen molar-refractivity contribution in [2.24, 2.45) is 0 Å². The smallest absolute Gasteiger partial charge is 0.321 e. The molecule has 2 aliphatic rings. The molecule has 0 bridgehead atoms. The van der Waals surface area contributed by atoms with Gasteiger partial charge in [-0.05, 0) is 56.5 Å². The number of halogens is 1. The van der Waals surface area contributed by atoms with Gasteiger partial charge in [0.15, 0.2) is 0 Å². The van der Waals surface area contributed by atoms with Gasteiger partial charge in [-0.25, -0.2) is 14.7 Å². The molecule has 0 spiro atoms. The number of carbonyl (C=O) groups excluding carboxylic acids is 3. The zero-order valence-corrected chi connectivity index (χ0v) is 16.1. The second-order valence-electron chi connectivity index (χ2n) is 6.95. The number of aromatic nitrogens is 1. The van der Waals surface area contributed by atoms with Crippen LogP contribution in [-0.4, -0.2) is 40.3 Å². The van der Waals surface area contributed by atoms with Crippen LogP contribution in [0.2, 0.25) is 5.02 Å². The predicted molar refractivity (Wildman–Crippen MR) is 106 cm³/mol. The third-order valence-electron chi connectivity index (χ3n) is 5.01. The van der Waals surface area contributed by atoms with E-state index < -0.39 is 6.04 Å². The van der Waals surface area contributed by atoms with Crippen LogP contribution in [-0.2, 0) is 4.79 Å². The van der Waals surface area contributed by atoms with E-state index in [1.165, 1.54) is 6.07 Å². The highest BCUT2D eigenvalue weighted by Gasteiger charge is 2.47. The molecule has 2 aromatic rings. The van der Waals surface area contributed by atoms with Crippen molar-refractivity contribution in [3.05, 3.63) is 52.8 Å². The zero-order chi connectivity index (χ0) is 19.8. The second kappa shape index (κ2) is 7.24. The molecule has 1 atom stereocenters. The molecule has 1 unspecified atom stereocenters. The normalized spacial score (nSPS) is 19.0. The number of aryl methyl sites for hydroxylation is 1. The Morgan fingerprint density at radius 1 is 1.21 bits per heavy atom. The first-order chi connectivity index (χ1) is 13.5. The summed E-state index contributed by atoms with van der Waals surface area (Å²) in [5.74, 6) is -0.606. The Morgan fingerprint density at radius 2 is 2.04 bits per heavy atom. The summed E-state index contributed by atoms with van der Waals surface area (Å²) in [6.07, 6.45) is 2.51. The number of benzene rings is 1. The molecule has 0 saturated carbocycles. The number of nitrogens with zero attached hydrogens (tertiary/aromatic N) is 3. The molecule has 3 heterocycles. The predicted octanol–water partition coefficient (Wildman–Crippen LogP) is 3.62. The molecule has 7 nitrogen and oxygen atoms in total. The molecule has 4 rings (SSSR count). The van der Waals surface area contributed by atoms with E-state index in [0.29, 0.717) is 30.0 Å². The molecule has 2 fully saturated rings. The number of urea groups is 1. The van der Waals surface area contributed by atoms with E-state index in [4.69, 9.17) is 11.6 Å². The van der Waals surface area contributed by atoms with Crippen LogP contribution in [0, 0.1) is 6.92 Å². The standard InChI is InChI=1S/C20H19ClN4O3/c1-12-5-4-6-15(22-12)18(26)23-13-8-9-16(14(21)11-13)25-19(27)17-7-2-3-10-24(17)20(25)28/h4-6,8-9,11,17H,2-3,7,10H2,1H3,(H,23,26). The fraction of sp³-hybridized carbons (Fsp3) is 0.300. The van der Waals surface area contributed by atoms with Gasteiger partial charge in [-0.15, -0.1) is 0 Å². The summed E-state index contributed by atoms with van der Waals surface area (Å²) in [5.41, 5.74) is 1.82. The molecule has 0 aliphatic carbocycles. The molecule has 1 N–H and O–H groups in total. The van der Waals surface area contributed by atoms with Gasteiger partial charge in [-0.3, -0.25) is 9.59 Å². The molecule has 4 amide bonds. The number of fused-ring (bicyclic) bond motifs is 1. The number of imide groups is 1. The maximum absolute atomic E-state index is 12.7. The summed E-state index contributed by atoms with van der Waals surface area (Å²) >= 11 is 6.36. The van der Waals surface area contributed by atoms with E-state index in [-0.39, 0.29) is 22.9 Å². The summed E-state index contributed by atoms with van der Waals surface area (Å²) in [4.78, 5) is 44.7. The van der Waals surface area contributed by atoms with Gasteiger partial charge in [0.2, 0.25) is 0 Å². The van der Waals surface area contributed by atoms with Gasteiger partial charge in [0.05, 0.1) is 10.7 Å². The third-order valence-corrected chi connectivity index (χ3v) is 5.32. The van der Waals surface area contributed by atoms with E-state index in [0.717, 1.165) is 23.4 Å². The van der Waals surface area contributed by atoms with Crippen molar-refractivity contribution < 1.29 is 14.4 Å². The molecule has 2 aliphatic heterocycles. The third kappa shape index (κ3) is 3.22. The first-order valence-electron chi connectivity index (χ1n) is 9.15. The molecule has 0 radical (unpaired) electrons. The van der Waals surface area contributed by atoms with Gasteiger partial charge in [0, 0.05) is 17.9 Å². The Labute approximate surface area is 167 Å². The molecule has 144 valence electrons. The maximum Gasteiger partial charge on any atom is 0.332 e. The quantitative estimate of drug-likeness (QED) is 0.800. The van der Waals surface area contributed by atoms with Crippen LogP contribution in [0.3, 0.4) is 0 Å². The van der Waals surface area contributed by atoms with Crippen molar-refractivity contribution in [3.8, 4) is 0 Å². The van der Waals surface area contributed by atoms with Crippen LogP contribution < -0.4 is 10.2 Å². The van der Waals surface area contributed by atoms with Crippen LogP contribution >= 0.6 is 11.6 Å². The summed E-state index contributed by atoms with van der Waals surface area (Å²) in [5, 5.41) is 2.95. The van der Waals surface area contributed by atoms with Gasteiger partial charge >= 0.3 is 6.03 Å². The lowest BCUT2D eigenvalue weighted by atomic mass is 10.0. The van der Waals surface area contributed by atoms with Crippen molar-refractivity contribution in [3.63, 3.8) is 0 Å². The Balaban J connectivity index is 1.56. The SMILES string of the molecule is Cc1cccc(C(=O)Nc2ccc(N3C(=O)C4CCCCN4C3=O)c(Cl)c2)n1. The Hall–Kier alpha value is -2.93. The summed E-state index contributed by atoms with van der Waals surface area (Å²) < 4.78 is 0. The van der Waals surface area contributed by atoms with E-state index in [1.807, 2.05) is 0 Å². The molecule has 2 saturated heterocycles. The van der Waals surface area contributed by atoms with Gasteiger partial charge in [0.1, 0.15) is 11.7 Å². The van der Waals surface area contributed by atoms with E-state index in [1.54, 1.807) is 42.2 Å². The summed E-state index contributed by atoms with van der Waals surface area (Å²) in [6.45, 7) is 2.39. The van der Waals surface area contributed by atoms with Crippen LogP contribution in [0.1, 0.15) is 35.4 Å². The fourth-order valence-electron chi connectivity index (χ4n) is 3.64. The summed E-state index contributed by atoms with van der Waals surface area (Å²) in [6, 6.07) is 9.18. The summed E-state index contributed by atoms with van der Waals surface area (Å²) in [7, 11) is 0. The second-order valence-corrected chi connectivity index (χ2v) is 7.35. The number of pyridine rings is 1. The monoisotopic (exact) mass is 398 g/mol. The number of anilines is 2. The van der Waals surface area contributed by atoms with Crippen molar-refractivity contribution in [1.82, 2.24) is 9.88 Å². The first-order valence-corrected chi connectivity index (χ1v) is 9.52. The molecule has 28 heavy (non-hydrogen) atoms. The van der Waals surface area contributed by atoms with E-state index in [2.05, 4.69) is 10.3 Å². The van der Waals surface area contributed by atoms with Gasteiger partial charge in [-0.2, -0.15) is 0 Å². The largest absolute Gasteiger partial charge is 0.332 e. The Morgan fingerprint density at radius 3 is 2.75 bits per heavy atom. The number of nitrogens with one attached hydrogen (secondary N) is 1. The highest BCUT2D eigenvalue weighted by molar-refractivity contribution is 6.36. The van der Waals surface area contributed by atoms with E-state index in [9.17, 15) is 14.4 Å². The Kier molecular flexibility index (Phi) is 4.77. The minimum absolute atomic E-state index is 0.219. The van der Waals surface area contributed by atoms with Gasteiger partial charge in [0.25, 0.3) is 11.8 Å². The Bertz CT molecular complexity index is 954. The van der Waals surface area contributed by atoms with E-state index >= 15 is 0 Å². The van der Waals surface area contributed by atoms with Crippen molar-refractivity contribution in [2.45, 2.75) is 32.2 Å². The van der Waals surface area contributed by atoms with Crippen molar-refractivity contribution >= 4 is 40.8 Å². The minimum Gasteiger partial charge on any atom is -0.321 e. The lowest BCUT2D eigenvalue weighted by molar-refractivity contribution is -0.120. The first kappa shape index (κ1) is 18.4. The average molecular weight is 399 g/mol. The number of carbonyl (C=O) groups is 3. The highest BCUT2D eigenvalue weighted by Crippen LogP contribution is 2.35. The van der Waals surface area contributed by atoms with Crippen LogP contribution in [0.5, 0.6) is 0 Å². The topological polar surface area (TPSA) is 82.6 Å². The van der Waals surface area contributed by atoms with Crippen molar-refractivity contribution in [2.75, 3.05) is 16.8 Å². The van der Waals surface area contributed by atoms with Crippen LogP contribution in [0.4, 0.5) is 16.2 Å². The number of rotatable bonds is 3.